The Morgan fingerprint density at radius 1 is 1.06 bits per heavy atom. The van der Waals surface area contributed by atoms with Crippen LogP contribution >= 0.6 is 0 Å². The van der Waals surface area contributed by atoms with Crippen LogP contribution in [-0.4, -0.2) is 32.5 Å². The van der Waals surface area contributed by atoms with Gasteiger partial charge in [-0.05, 0) is 32.2 Å². The lowest BCUT2D eigenvalue weighted by atomic mass is 10.2. The van der Waals surface area contributed by atoms with Crippen LogP contribution in [0, 0.1) is 0 Å². The van der Waals surface area contributed by atoms with Crippen LogP contribution in [0.4, 0.5) is 0 Å². The van der Waals surface area contributed by atoms with Gasteiger partial charge in [0.15, 0.2) is 0 Å². The summed E-state index contributed by atoms with van der Waals surface area (Å²) >= 11 is 0. The van der Waals surface area contributed by atoms with Crippen LogP contribution in [0.3, 0.4) is 0 Å². The molecule has 1 aliphatic carbocycles. The highest BCUT2D eigenvalue weighted by atomic mass is 32.2. The van der Waals surface area contributed by atoms with Gasteiger partial charge >= 0.3 is 0 Å². The molecule has 1 rings (SSSR count). The van der Waals surface area contributed by atoms with E-state index in [9.17, 15) is 8.42 Å². The molecular weight excluding hydrogens is 234 g/mol. The zero-order chi connectivity index (χ0) is 12.6. The average Bonchev–Trinajstić information content (AvgIpc) is 2.77. The van der Waals surface area contributed by atoms with E-state index in [2.05, 4.69) is 12.2 Å². The third-order valence-electron chi connectivity index (χ3n) is 3.48. The molecule has 1 saturated carbocycles. The summed E-state index contributed by atoms with van der Waals surface area (Å²) in [6.07, 6.45) is 8.89. The van der Waals surface area contributed by atoms with Crippen molar-refractivity contribution < 1.29 is 8.42 Å². The molecule has 1 fully saturated rings. The van der Waals surface area contributed by atoms with Crippen molar-refractivity contribution in [3.63, 3.8) is 0 Å². The minimum Gasteiger partial charge on any atom is -0.314 e. The third kappa shape index (κ3) is 7.04. The van der Waals surface area contributed by atoms with Gasteiger partial charge in [-0.2, -0.15) is 0 Å². The molecular formula is C13H27NO2S. The number of rotatable bonds is 9. The van der Waals surface area contributed by atoms with Crippen LogP contribution in [0.1, 0.15) is 58.3 Å². The summed E-state index contributed by atoms with van der Waals surface area (Å²) in [5.74, 6) is 0.737. The molecule has 0 aromatic heterocycles. The number of sulfone groups is 1. The Labute approximate surface area is 106 Å². The van der Waals surface area contributed by atoms with E-state index in [0.29, 0.717) is 17.5 Å². The monoisotopic (exact) mass is 261 g/mol. The van der Waals surface area contributed by atoms with Gasteiger partial charge in [0.25, 0.3) is 0 Å². The van der Waals surface area contributed by atoms with Crippen molar-refractivity contribution in [2.24, 2.45) is 0 Å². The molecule has 0 radical (unpaired) electrons. The highest BCUT2D eigenvalue weighted by Crippen LogP contribution is 2.17. The van der Waals surface area contributed by atoms with Gasteiger partial charge in [-0.15, -0.1) is 0 Å². The lowest BCUT2D eigenvalue weighted by Crippen LogP contribution is -2.28. The predicted molar refractivity (Wildman–Crippen MR) is 73.1 cm³/mol. The van der Waals surface area contributed by atoms with Gasteiger partial charge in [0.1, 0.15) is 9.84 Å². The molecule has 0 bridgehead atoms. The second kappa shape index (κ2) is 8.09. The molecule has 0 aliphatic heterocycles. The SMILES string of the molecule is CCCCCS(=O)(=O)CCCNC1CCCC1. The molecule has 102 valence electrons. The van der Waals surface area contributed by atoms with Crippen LogP contribution in [0.25, 0.3) is 0 Å². The highest BCUT2D eigenvalue weighted by Gasteiger charge is 2.14. The zero-order valence-corrected chi connectivity index (χ0v) is 11.9. The highest BCUT2D eigenvalue weighted by molar-refractivity contribution is 7.91. The van der Waals surface area contributed by atoms with Gasteiger partial charge in [0.2, 0.25) is 0 Å². The lowest BCUT2D eigenvalue weighted by Gasteiger charge is -2.11. The minimum atomic E-state index is -2.79. The topological polar surface area (TPSA) is 46.2 Å². The van der Waals surface area contributed by atoms with Gasteiger partial charge in [0.05, 0.1) is 11.5 Å². The summed E-state index contributed by atoms with van der Waals surface area (Å²) in [6, 6.07) is 0.651. The lowest BCUT2D eigenvalue weighted by molar-refractivity contribution is 0.520. The molecule has 0 saturated heterocycles. The van der Waals surface area contributed by atoms with Crippen LogP contribution < -0.4 is 5.32 Å². The second-order valence-corrected chi connectivity index (χ2v) is 7.45. The summed E-state index contributed by atoms with van der Waals surface area (Å²) in [5, 5.41) is 3.46. The first kappa shape index (κ1) is 15.0. The first-order valence-electron chi connectivity index (χ1n) is 7.08. The van der Waals surface area contributed by atoms with E-state index in [1.807, 2.05) is 0 Å². The summed E-state index contributed by atoms with van der Waals surface area (Å²) in [4.78, 5) is 0. The summed E-state index contributed by atoms with van der Waals surface area (Å²) in [6.45, 7) is 2.95. The molecule has 1 N–H and O–H groups in total. The molecule has 0 amide bonds. The number of nitrogens with one attached hydrogen (secondary N) is 1. The smallest absolute Gasteiger partial charge is 0.150 e. The Morgan fingerprint density at radius 3 is 2.35 bits per heavy atom. The number of hydrogen-bond acceptors (Lipinski definition) is 3. The molecule has 0 spiro atoms. The molecule has 0 aromatic rings. The largest absolute Gasteiger partial charge is 0.314 e. The molecule has 0 unspecified atom stereocenters. The van der Waals surface area contributed by atoms with E-state index in [1.54, 1.807) is 0 Å². The van der Waals surface area contributed by atoms with E-state index in [1.165, 1.54) is 25.7 Å². The quantitative estimate of drug-likeness (QED) is 0.649. The van der Waals surface area contributed by atoms with Gasteiger partial charge in [-0.1, -0.05) is 32.6 Å². The standard InChI is InChI=1S/C13H27NO2S/c1-2-3-6-11-17(15,16)12-7-10-14-13-8-4-5-9-13/h13-14H,2-12H2,1H3. The van der Waals surface area contributed by atoms with Crippen molar-refractivity contribution >= 4 is 9.84 Å². The van der Waals surface area contributed by atoms with Gasteiger partial charge in [-0.3, -0.25) is 0 Å². The minimum absolute atomic E-state index is 0.358. The maximum Gasteiger partial charge on any atom is 0.150 e. The number of hydrogen-bond donors (Lipinski definition) is 1. The predicted octanol–water partition coefficient (Wildman–Crippen LogP) is 2.51. The summed E-state index contributed by atoms with van der Waals surface area (Å²) in [7, 11) is -2.79. The fraction of sp³-hybridized carbons (Fsp3) is 1.00. The molecule has 17 heavy (non-hydrogen) atoms. The van der Waals surface area contributed by atoms with Crippen LogP contribution in [0.2, 0.25) is 0 Å². The fourth-order valence-corrected chi connectivity index (χ4v) is 3.83. The van der Waals surface area contributed by atoms with Crippen molar-refractivity contribution in [1.82, 2.24) is 5.32 Å². The van der Waals surface area contributed by atoms with Gasteiger partial charge in [0, 0.05) is 6.04 Å². The Morgan fingerprint density at radius 2 is 1.71 bits per heavy atom. The molecule has 3 nitrogen and oxygen atoms in total. The van der Waals surface area contributed by atoms with Crippen LogP contribution in [0.15, 0.2) is 0 Å². The molecule has 1 aliphatic rings. The van der Waals surface area contributed by atoms with E-state index in [-0.39, 0.29) is 0 Å². The average molecular weight is 261 g/mol. The zero-order valence-electron chi connectivity index (χ0n) is 11.1. The first-order chi connectivity index (χ1) is 8.14. The van der Waals surface area contributed by atoms with Crippen molar-refractivity contribution in [3.05, 3.63) is 0 Å². The molecule has 0 atom stereocenters. The Kier molecular flexibility index (Phi) is 7.12. The van der Waals surface area contributed by atoms with Crippen LogP contribution in [-0.2, 0) is 9.84 Å². The first-order valence-corrected chi connectivity index (χ1v) is 8.90. The van der Waals surface area contributed by atoms with E-state index in [0.717, 1.165) is 32.2 Å². The van der Waals surface area contributed by atoms with Crippen molar-refractivity contribution in [2.45, 2.75) is 64.3 Å². The Hall–Kier alpha value is -0.0900. The Balaban J connectivity index is 2.03. The van der Waals surface area contributed by atoms with E-state index in [4.69, 9.17) is 0 Å². The molecule has 0 heterocycles. The summed E-state index contributed by atoms with van der Waals surface area (Å²) < 4.78 is 23.3. The van der Waals surface area contributed by atoms with Crippen LogP contribution in [0.5, 0.6) is 0 Å². The fourth-order valence-electron chi connectivity index (χ4n) is 2.40. The maximum atomic E-state index is 11.7. The molecule has 0 aromatic carbocycles. The summed E-state index contributed by atoms with van der Waals surface area (Å²) in [5.41, 5.74) is 0. The van der Waals surface area contributed by atoms with Crippen molar-refractivity contribution in [2.75, 3.05) is 18.1 Å². The normalized spacial score (nSPS) is 17.7. The number of unbranched alkanes of at least 4 members (excludes halogenated alkanes) is 2. The molecule has 4 heteroatoms. The Bertz CT molecular complexity index is 282. The maximum absolute atomic E-state index is 11.7. The van der Waals surface area contributed by atoms with Crippen molar-refractivity contribution in [1.29, 1.82) is 0 Å². The van der Waals surface area contributed by atoms with Crippen molar-refractivity contribution in [3.8, 4) is 0 Å². The van der Waals surface area contributed by atoms with E-state index >= 15 is 0 Å². The van der Waals surface area contributed by atoms with Gasteiger partial charge in [-0.25, -0.2) is 8.42 Å². The third-order valence-corrected chi connectivity index (χ3v) is 5.30. The van der Waals surface area contributed by atoms with Gasteiger partial charge < -0.3 is 5.32 Å². The van der Waals surface area contributed by atoms with E-state index < -0.39 is 9.84 Å². The second-order valence-electron chi connectivity index (χ2n) is 5.15.